The second-order valence-corrected chi connectivity index (χ2v) is 3.57. The van der Waals surface area contributed by atoms with E-state index >= 15 is 0 Å². The summed E-state index contributed by atoms with van der Waals surface area (Å²) in [6.45, 7) is 0.129. The quantitative estimate of drug-likeness (QED) is 0.848. The van der Waals surface area contributed by atoms with Crippen molar-refractivity contribution in [3.05, 3.63) is 42.1 Å². The van der Waals surface area contributed by atoms with Gasteiger partial charge in [-0.2, -0.15) is 0 Å². The van der Waals surface area contributed by atoms with Gasteiger partial charge in [0.25, 0.3) is 0 Å². The van der Waals surface area contributed by atoms with Crippen molar-refractivity contribution in [1.82, 2.24) is 5.16 Å². The van der Waals surface area contributed by atoms with Crippen LogP contribution in [0.5, 0.6) is 5.75 Å². The number of benzene rings is 1. The van der Waals surface area contributed by atoms with Gasteiger partial charge in [-0.05, 0) is 24.1 Å². The number of nitrogens with zero attached hydrogens (tertiary/aromatic N) is 1. The highest BCUT2D eigenvalue weighted by Crippen LogP contribution is 2.30. The Morgan fingerprint density at radius 2 is 2.18 bits per heavy atom. The van der Waals surface area contributed by atoms with Crippen LogP contribution in [0.2, 0.25) is 0 Å². The number of hydrogen-bond donors (Lipinski definition) is 2. The molecule has 2 aromatic rings. The highest BCUT2D eigenvalue weighted by molar-refractivity contribution is 5.69. The number of hydrogen-bond acceptors (Lipinski definition) is 4. The third-order valence-electron chi connectivity index (χ3n) is 2.33. The monoisotopic (exact) mass is 231 g/mol. The molecule has 1 aromatic heterocycles. The van der Waals surface area contributed by atoms with Crippen molar-refractivity contribution < 1.29 is 14.7 Å². The number of aliphatic hydroxyl groups excluding tert-OH is 1. The topological polar surface area (TPSA) is 66.5 Å². The molecule has 0 unspecified atom stereocenters. The Morgan fingerprint density at radius 1 is 1.29 bits per heavy atom. The minimum absolute atomic E-state index is 0.129. The van der Waals surface area contributed by atoms with Gasteiger partial charge < -0.3 is 14.7 Å². The van der Waals surface area contributed by atoms with Crippen molar-refractivity contribution in [2.24, 2.45) is 0 Å². The average molecular weight is 231 g/mol. The molecule has 0 aliphatic carbocycles. The Balaban J connectivity index is 2.30. The number of rotatable bonds is 4. The van der Waals surface area contributed by atoms with E-state index in [4.69, 9.17) is 9.63 Å². The molecule has 2 rings (SSSR count). The van der Waals surface area contributed by atoms with Crippen LogP contribution in [0, 0.1) is 0 Å². The molecule has 0 amide bonds. The standard InChI is InChI=1S/C13H13NO3/c15-8-2-1-3-10-4-5-12(16)11(9-10)13-6-7-14-17-13/h1,3-7,9,15-16H,2,8H2. The van der Waals surface area contributed by atoms with Crippen molar-refractivity contribution in [1.29, 1.82) is 0 Å². The van der Waals surface area contributed by atoms with E-state index in [1.807, 2.05) is 18.2 Å². The smallest absolute Gasteiger partial charge is 0.170 e. The van der Waals surface area contributed by atoms with Gasteiger partial charge in [-0.25, -0.2) is 0 Å². The van der Waals surface area contributed by atoms with Crippen LogP contribution >= 0.6 is 0 Å². The molecule has 0 aliphatic heterocycles. The number of phenols is 1. The van der Waals surface area contributed by atoms with Gasteiger partial charge in [-0.15, -0.1) is 0 Å². The van der Waals surface area contributed by atoms with Crippen LogP contribution in [-0.2, 0) is 0 Å². The average Bonchev–Trinajstić information content (AvgIpc) is 2.85. The first kappa shape index (κ1) is 11.4. The fourth-order valence-corrected chi connectivity index (χ4v) is 1.50. The number of aromatic hydroxyl groups is 1. The van der Waals surface area contributed by atoms with Gasteiger partial charge in [-0.1, -0.05) is 23.4 Å². The number of aliphatic hydroxyl groups is 1. The van der Waals surface area contributed by atoms with Crippen LogP contribution < -0.4 is 0 Å². The van der Waals surface area contributed by atoms with Crippen LogP contribution in [0.25, 0.3) is 17.4 Å². The van der Waals surface area contributed by atoms with Crippen molar-refractivity contribution in [2.45, 2.75) is 6.42 Å². The maximum atomic E-state index is 9.73. The predicted octanol–water partition coefficient (Wildman–Crippen LogP) is 2.44. The molecule has 2 N–H and O–H groups in total. The molecule has 0 radical (unpaired) electrons. The maximum Gasteiger partial charge on any atom is 0.170 e. The summed E-state index contributed by atoms with van der Waals surface area (Å²) in [4.78, 5) is 0. The fourth-order valence-electron chi connectivity index (χ4n) is 1.50. The molecule has 1 heterocycles. The molecule has 0 saturated heterocycles. The zero-order valence-electron chi connectivity index (χ0n) is 9.21. The SMILES string of the molecule is OCCC=Cc1ccc(O)c(-c2ccno2)c1. The summed E-state index contributed by atoms with van der Waals surface area (Å²) in [5, 5.41) is 22.0. The van der Waals surface area contributed by atoms with E-state index < -0.39 is 0 Å². The summed E-state index contributed by atoms with van der Waals surface area (Å²) < 4.78 is 5.01. The van der Waals surface area contributed by atoms with Gasteiger partial charge in [0.2, 0.25) is 0 Å². The second kappa shape index (κ2) is 5.32. The largest absolute Gasteiger partial charge is 0.507 e. The summed E-state index contributed by atoms with van der Waals surface area (Å²) >= 11 is 0. The maximum absolute atomic E-state index is 9.73. The summed E-state index contributed by atoms with van der Waals surface area (Å²) in [5.41, 5.74) is 1.54. The van der Waals surface area contributed by atoms with Crippen LogP contribution in [0.1, 0.15) is 12.0 Å². The molecule has 0 saturated carbocycles. The first-order valence-electron chi connectivity index (χ1n) is 5.33. The van der Waals surface area contributed by atoms with Crippen molar-refractivity contribution in [3.63, 3.8) is 0 Å². The Morgan fingerprint density at radius 3 is 2.88 bits per heavy atom. The van der Waals surface area contributed by atoms with E-state index in [1.54, 1.807) is 18.2 Å². The predicted molar refractivity (Wildman–Crippen MR) is 64.3 cm³/mol. The molecule has 0 bridgehead atoms. The minimum Gasteiger partial charge on any atom is -0.507 e. The first-order chi connectivity index (χ1) is 8.31. The van der Waals surface area contributed by atoms with Gasteiger partial charge in [0.15, 0.2) is 5.76 Å². The zero-order valence-corrected chi connectivity index (χ0v) is 9.21. The summed E-state index contributed by atoms with van der Waals surface area (Å²) in [6, 6.07) is 6.90. The lowest BCUT2D eigenvalue weighted by Crippen LogP contribution is -1.80. The van der Waals surface area contributed by atoms with E-state index in [0.717, 1.165) is 5.56 Å². The number of aromatic nitrogens is 1. The molecule has 0 spiro atoms. The van der Waals surface area contributed by atoms with Crippen LogP contribution in [0.15, 0.2) is 41.1 Å². The Hall–Kier alpha value is -2.07. The molecular weight excluding hydrogens is 218 g/mol. The molecule has 0 atom stereocenters. The molecular formula is C13H13NO3. The van der Waals surface area contributed by atoms with E-state index in [2.05, 4.69) is 5.16 Å². The summed E-state index contributed by atoms with van der Waals surface area (Å²) in [6.07, 6.45) is 5.90. The Labute approximate surface area is 98.8 Å². The third-order valence-corrected chi connectivity index (χ3v) is 2.33. The van der Waals surface area contributed by atoms with Gasteiger partial charge in [0.1, 0.15) is 5.75 Å². The molecule has 1 aromatic carbocycles. The Kier molecular flexibility index (Phi) is 3.57. The van der Waals surface area contributed by atoms with Crippen LogP contribution in [0.3, 0.4) is 0 Å². The lowest BCUT2D eigenvalue weighted by Gasteiger charge is -2.02. The molecule has 88 valence electrons. The van der Waals surface area contributed by atoms with E-state index in [1.165, 1.54) is 6.20 Å². The second-order valence-electron chi connectivity index (χ2n) is 3.57. The third kappa shape index (κ3) is 2.73. The number of phenolic OH excluding ortho intramolecular Hbond substituents is 1. The van der Waals surface area contributed by atoms with E-state index in [0.29, 0.717) is 17.7 Å². The highest BCUT2D eigenvalue weighted by Gasteiger charge is 2.07. The minimum atomic E-state index is 0.129. The van der Waals surface area contributed by atoms with Crippen LogP contribution in [-0.4, -0.2) is 22.0 Å². The summed E-state index contributed by atoms with van der Waals surface area (Å²) in [5.74, 6) is 0.681. The van der Waals surface area contributed by atoms with Gasteiger partial charge in [0.05, 0.1) is 11.8 Å². The van der Waals surface area contributed by atoms with E-state index in [9.17, 15) is 5.11 Å². The lowest BCUT2D eigenvalue weighted by molar-refractivity contribution is 0.303. The van der Waals surface area contributed by atoms with Gasteiger partial charge in [0, 0.05) is 12.7 Å². The highest BCUT2D eigenvalue weighted by atomic mass is 16.5. The first-order valence-corrected chi connectivity index (χ1v) is 5.33. The van der Waals surface area contributed by atoms with Crippen molar-refractivity contribution in [2.75, 3.05) is 6.61 Å². The van der Waals surface area contributed by atoms with E-state index in [-0.39, 0.29) is 12.4 Å². The van der Waals surface area contributed by atoms with Gasteiger partial charge >= 0.3 is 0 Å². The summed E-state index contributed by atoms with van der Waals surface area (Å²) in [7, 11) is 0. The molecule has 0 aliphatic rings. The molecule has 4 heteroatoms. The molecule has 0 fully saturated rings. The fraction of sp³-hybridized carbons (Fsp3) is 0.154. The molecule has 17 heavy (non-hydrogen) atoms. The lowest BCUT2D eigenvalue weighted by atomic mass is 10.1. The normalized spacial score (nSPS) is 11.1. The zero-order chi connectivity index (χ0) is 12.1. The van der Waals surface area contributed by atoms with Gasteiger partial charge in [-0.3, -0.25) is 0 Å². The van der Waals surface area contributed by atoms with Crippen LogP contribution in [0.4, 0.5) is 0 Å². The van der Waals surface area contributed by atoms with Crippen molar-refractivity contribution in [3.8, 4) is 17.1 Å². The van der Waals surface area contributed by atoms with Crippen molar-refractivity contribution >= 4 is 6.08 Å². The Bertz CT molecular complexity index is 503. The molecule has 4 nitrogen and oxygen atoms in total.